The van der Waals surface area contributed by atoms with Gasteiger partial charge in [-0.2, -0.15) is 0 Å². The van der Waals surface area contributed by atoms with Crippen LogP contribution in [0, 0.1) is 5.92 Å². The first-order chi connectivity index (χ1) is 7.66. The molecular formula is C12H23N3O. The van der Waals surface area contributed by atoms with Crippen LogP contribution in [0.1, 0.15) is 38.5 Å². The van der Waals surface area contributed by atoms with E-state index in [-0.39, 0.29) is 11.8 Å². The van der Waals surface area contributed by atoms with Crippen molar-refractivity contribution in [2.24, 2.45) is 17.4 Å². The van der Waals surface area contributed by atoms with Crippen molar-refractivity contribution in [2.75, 3.05) is 13.1 Å². The minimum atomic E-state index is -0.120. The van der Waals surface area contributed by atoms with Crippen LogP contribution in [0.5, 0.6) is 0 Å². The number of piperidine rings is 1. The summed E-state index contributed by atoms with van der Waals surface area (Å²) in [5.41, 5.74) is 11.2. The molecule has 4 heteroatoms. The number of carbonyl (C=O) groups is 1. The Morgan fingerprint density at radius 3 is 2.06 bits per heavy atom. The fraction of sp³-hybridized carbons (Fsp3) is 0.917. The van der Waals surface area contributed by atoms with Crippen LogP contribution in [0.3, 0.4) is 0 Å². The molecular weight excluding hydrogens is 202 g/mol. The zero-order valence-electron chi connectivity index (χ0n) is 9.90. The first-order valence-corrected chi connectivity index (χ1v) is 6.45. The lowest BCUT2D eigenvalue weighted by Crippen LogP contribution is -2.46. The molecule has 4 nitrogen and oxygen atoms in total. The van der Waals surface area contributed by atoms with E-state index >= 15 is 0 Å². The van der Waals surface area contributed by atoms with Crippen LogP contribution in [0.25, 0.3) is 0 Å². The van der Waals surface area contributed by atoms with Gasteiger partial charge < -0.3 is 16.4 Å². The van der Waals surface area contributed by atoms with Crippen LogP contribution in [0.4, 0.5) is 0 Å². The maximum Gasteiger partial charge on any atom is 0.220 e. The van der Waals surface area contributed by atoms with Crippen LogP contribution < -0.4 is 11.5 Å². The van der Waals surface area contributed by atoms with Crippen molar-refractivity contribution in [3.8, 4) is 0 Å². The molecule has 0 unspecified atom stereocenters. The highest BCUT2D eigenvalue weighted by atomic mass is 16.1. The number of amides is 1. The van der Waals surface area contributed by atoms with Gasteiger partial charge in [-0.1, -0.05) is 0 Å². The second-order valence-corrected chi connectivity index (χ2v) is 5.28. The van der Waals surface area contributed by atoms with Crippen molar-refractivity contribution < 1.29 is 4.79 Å². The minimum absolute atomic E-state index is 0.113. The maximum absolute atomic E-state index is 11.1. The summed E-state index contributed by atoms with van der Waals surface area (Å²) in [4.78, 5) is 13.6. The second kappa shape index (κ2) is 5.15. The van der Waals surface area contributed by atoms with Gasteiger partial charge in [-0.05, 0) is 51.6 Å². The molecule has 1 aliphatic heterocycles. The van der Waals surface area contributed by atoms with Crippen molar-refractivity contribution in [2.45, 2.75) is 50.6 Å². The number of rotatable bonds is 2. The fourth-order valence-corrected chi connectivity index (χ4v) is 3.02. The van der Waals surface area contributed by atoms with E-state index in [9.17, 15) is 4.79 Å². The average molecular weight is 225 g/mol. The number of hydrogen-bond donors (Lipinski definition) is 2. The first kappa shape index (κ1) is 11.9. The van der Waals surface area contributed by atoms with E-state index in [0.29, 0.717) is 12.1 Å². The predicted octanol–water partition coefficient (Wildman–Crippen LogP) is 0.454. The summed E-state index contributed by atoms with van der Waals surface area (Å²) in [5, 5.41) is 0. The number of carbonyl (C=O) groups excluding carboxylic acids is 1. The number of nitrogens with two attached hydrogens (primary N) is 2. The lowest BCUT2D eigenvalue weighted by molar-refractivity contribution is -0.123. The number of hydrogen-bond acceptors (Lipinski definition) is 3. The van der Waals surface area contributed by atoms with Gasteiger partial charge in [-0.25, -0.2) is 0 Å². The van der Waals surface area contributed by atoms with Crippen LogP contribution in [0.15, 0.2) is 0 Å². The summed E-state index contributed by atoms with van der Waals surface area (Å²) in [6.07, 6.45) is 6.64. The molecule has 0 atom stereocenters. The van der Waals surface area contributed by atoms with Crippen molar-refractivity contribution in [3.63, 3.8) is 0 Å². The Balaban J connectivity index is 1.78. The van der Waals surface area contributed by atoms with Crippen LogP contribution in [0.2, 0.25) is 0 Å². The van der Waals surface area contributed by atoms with Gasteiger partial charge in [-0.15, -0.1) is 0 Å². The van der Waals surface area contributed by atoms with Gasteiger partial charge in [0.15, 0.2) is 0 Å². The molecule has 0 spiro atoms. The van der Waals surface area contributed by atoms with Crippen molar-refractivity contribution in [1.29, 1.82) is 0 Å². The van der Waals surface area contributed by atoms with Gasteiger partial charge in [0.05, 0.1) is 0 Å². The van der Waals surface area contributed by atoms with E-state index in [4.69, 9.17) is 11.5 Å². The summed E-state index contributed by atoms with van der Waals surface area (Å²) >= 11 is 0. The molecule has 1 saturated heterocycles. The minimum Gasteiger partial charge on any atom is -0.369 e. The third-order valence-electron chi connectivity index (χ3n) is 4.19. The fourth-order valence-electron chi connectivity index (χ4n) is 3.02. The highest BCUT2D eigenvalue weighted by Gasteiger charge is 2.29. The Morgan fingerprint density at radius 1 is 1.00 bits per heavy atom. The monoisotopic (exact) mass is 225 g/mol. The van der Waals surface area contributed by atoms with E-state index in [0.717, 1.165) is 38.8 Å². The molecule has 0 aromatic heterocycles. The summed E-state index contributed by atoms with van der Waals surface area (Å²) in [6.45, 7) is 2.07. The zero-order valence-corrected chi connectivity index (χ0v) is 9.90. The third-order valence-corrected chi connectivity index (χ3v) is 4.19. The number of likely N-dealkylation sites (tertiary alicyclic amines) is 1. The SMILES string of the molecule is NC(=O)C1CCN(C2CCC(N)CC2)CC1. The molecule has 0 aromatic carbocycles. The molecule has 4 N–H and O–H groups in total. The third kappa shape index (κ3) is 2.74. The molecule has 16 heavy (non-hydrogen) atoms. The molecule has 2 rings (SSSR count). The van der Waals surface area contributed by atoms with Gasteiger partial charge in [-0.3, -0.25) is 4.79 Å². The first-order valence-electron chi connectivity index (χ1n) is 6.45. The number of nitrogens with zero attached hydrogens (tertiary/aromatic N) is 1. The summed E-state index contributed by atoms with van der Waals surface area (Å²) in [6, 6.07) is 1.12. The van der Waals surface area contributed by atoms with E-state index in [2.05, 4.69) is 4.90 Å². The van der Waals surface area contributed by atoms with Gasteiger partial charge in [0.25, 0.3) is 0 Å². The largest absolute Gasteiger partial charge is 0.369 e. The highest BCUT2D eigenvalue weighted by molar-refractivity contribution is 5.76. The smallest absolute Gasteiger partial charge is 0.220 e. The highest BCUT2D eigenvalue weighted by Crippen LogP contribution is 2.26. The topological polar surface area (TPSA) is 72.4 Å². The Morgan fingerprint density at radius 2 is 1.56 bits per heavy atom. The molecule has 92 valence electrons. The molecule has 2 aliphatic rings. The Hall–Kier alpha value is -0.610. The van der Waals surface area contributed by atoms with Crippen LogP contribution in [-0.2, 0) is 4.79 Å². The summed E-state index contributed by atoms with van der Waals surface area (Å²) in [5.74, 6) is -0.00702. The van der Waals surface area contributed by atoms with E-state index < -0.39 is 0 Å². The molecule has 1 saturated carbocycles. The summed E-state index contributed by atoms with van der Waals surface area (Å²) < 4.78 is 0. The maximum atomic E-state index is 11.1. The lowest BCUT2D eigenvalue weighted by atomic mass is 9.88. The van der Waals surface area contributed by atoms with E-state index in [1.807, 2.05) is 0 Å². The molecule has 0 radical (unpaired) electrons. The molecule has 1 heterocycles. The lowest BCUT2D eigenvalue weighted by Gasteiger charge is -2.39. The Labute approximate surface area is 97.3 Å². The van der Waals surface area contributed by atoms with Crippen LogP contribution >= 0.6 is 0 Å². The standard InChI is InChI=1S/C12H23N3O/c13-10-1-3-11(4-2-10)15-7-5-9(6-8-15)12(14)16/h9-11H,1-8,13H2,(H2,14,16). The van der Waals surface area contributed by atoms with Crippen molar-refractivity contribution in [3.05, 3.63) is 0 Å². The average Bonchev–Trinajstić information content (AvgIpc) is 2.30. The van der Waals surface area contributed by atoms with Gasteiger partial charge in [0.2, 0.25) is 5.91 Å². The van der Waals surface area contributed by atoms with Crippen molar-refractivity contribution in [1.82, 2.24) is 4.90 Å². The second-order valence-electron chi connectivity index (χ2n) is 5.28. The number of primary amides is 1. The summed E-state index contributed by atoms with van der Waals surface area (Å²) in [7, 11) is 0. The van der Waals surface area contributed by atoms with Crippen molar-refractivity contribution >= 4 is 5.91 Å². The van der Waals surface area contributed by atoms with Crippen LogP contribution in [-0.4, -0.2) is 36.0 Å². The molecule has 1 aliphatic carbocycles. The molecule has 2 fully saturated rings. The zero-order chi connectivity index (χ0) is 11.5. The Kier molecular flexibility index (Phi) is 3.82. The van der Waals surface area contributed by atoms with Gasteiger partial charge in [0.1, 0.15) is 0 Å². The van der Waals surface area contributed by atoms with Gasteiger partial charge >= 0.3 is 0 Å². The predicted molar refractivity (Wildman–Crippen MR) is 63.7 cm³/mol. The van der Waals surface area contributed by atoms with Gasteiger partial charge in [0, 0.05) is 18.0 Å². The molecule has 0 bridgehead atoms. The quantitative estimate of drug-likeness (QED) is 0.717. The van der Waals surface area contributed by atoms with E-state index in [1.54, 1.807) is 0 Å². The molecule has 0 aromatic rings. The van der Waals surface area contributed by atoms with E-state index in [1.165, 1.54) is 12.8 Å². The Bertz CT molecular complexity index is 241. The normalized spacial score (nSPS) is 33.8. The molecule has 1 amide bonds.